The van der Waals surface area contributed by atoms with Gasteiger partial charge in [-0.05, 0) is 40.5 Å². The van der Waals surface area contributed by atoms with Gasteiger partial charge in [0.15, 0.2) is 0 Å². The van der Waals surface area contributed by atoms with Gasteiger partial charge in [-0.1, -0.05) is 0 Å². The van der Waals surface area contributed by atoms with Crippen molar-refractivity contribution in [2.75, 3.05) is 19.8 Å². The second-order valence-corrected chi connectivity index (χ2v) is 7.02. The van der Waals surface area contributed by atoms with Gasteiger partial charge in [-0.3, -0.25) is 9.69 Å². The monoisotopic (exact) mass is 314 g/mol. The number of carbonyl (C=O) groups is 2. The van der Waals surface area contributed by atoms with E-state index in [-0.39, 0.29) is 18.2 Å². The van der Waals surface area contributed by atoms with Gasteiger partial charge in [0.25, 0.3) is 0 Å². The number of ether oxygens (including phenoxy) is 3. The van der Waals surface area contributed by atoms with Gasteiger partial charge in [-0.2, -0.15) is 0 Å². The third kappa shape index (κ3) is 3.52. The van der Waals surface area contributed by atoms with Crippen molar-refractivity contribution in [3.63, 3.8) is 0 Å². The molecule has 2 atom stereocenters. The molecule has 2 rings (SSSR count). The van der Waals surface area contributed by atoms with Crippen LogP contribution in [0.4, 0.5) is 4.79 Å². The van der Waals surface area contributed by atoms with E-state index in [0.29, 0.717) is 32.7 Å². The molecule has 22 heavy (non-hydrogen) atoms. The molecular formula is C15H26N2O5. The van der Waals surface area contributed by atoms with Crippen molar-refractivity contribution in [3.05, 3.63) is 0 Å². The molecule has 0 saturated carbocycles. The fraction of sp³-hybridized carbons (Fsp3) is 0.867. The Bertz CT molecular complexity index is 432. The highest BCUT2D eigenvalue weighted by molar-refractivity contribution is 5.81. The highest BCUT2D eigenvalue weighted by Gasteiger charge is 2.52. The summed E-state index contributed by atoms with van der Waals surface area (Å²) >= 11 is 0. The number of fused-ring (bicyclic) bond motifs is 2. The van der Waals surface area contributed by atoms with E-state index in [1.54, 1.807) is 11.8 Å². The van der Waals surface area contributed by atoms with Crippen molar-refractivity contribution in [3.8, 4) is 0 Å². The number of amides is 1. The predicted molar refractivity (Wildman–Crippen MR) is 79.3 cm³/mol. The maximum absolute atomic E-state index is 12.4. The third-order valence-corrected chi connectivity index (χ3v) is 3.89. The van der Waals surface area contributed by atoms with Gasteiger partial charge in [-0.25, -0.2) is 4.79 Å². The zero-order valence-electron chi connectivity index (χ0n) is 13.8. The predicted octanol–water partition coefficient (Wildman–Crippen LogP) is 1.05. The number of carbonyl (C=O) groups excluding carboxylic acids is 2. The number of esters is 1. The zero-order valence-corrected chi connectivity index (χ0v) is 13.8. The van der Waals surface area contributed by atoms with Crippen molar-refractivity contribution in [2.24, 2.45) is 5.73 Å². The lowest BCUT2D eigenvalue weighted by Crippen LogP contribution is -2.68. The minimum atomic E-state index is -1.06. The third-order valence-electron chi connectivity index (χ3n) is 3.89. The second kappa shape index (κ2) is 6.04. The Morgan fingerprint density at radius 3 is 2.27 bits per heavy atom. The molecule has 2 heterocycles. The lowest BCUT2D eigenvalue weighted by atomic mass is 9.79. The summed E-state index contributed by atoms with van der Waals surface area (Å²) in [5.74, 6) is -0.407. The molecule has 126 valence electrons. The largest absolute Gasteiger partial charge is 0.465 e. The zero-order chi connectivity index (χ0) is 16.5. The summed E-state index contributed by atoms with van der Waals surface area (Å²) in [4.78, 5) is 26.2. The van der Waals surface area contributed by atoms with Gasteiger partial charge in [0.2, 0.25) is 0 Å². The first-order valence-corrected chi connectivity index (χ1v) is 7.71. The molecule has 0 aromatic heterocycles. The molecule has 0 radical (unpaired) electrons. The van der Waals surface area contributed by atoms with Crippen LogP contribution < -0.4 is 5.73 Å². The van der Waals surface area contributed by atoms with E-state index in [1.807, 2.05) is 20.8 Å². The van der Waals surface area contributed by atoms with Crippen molar-refractivity contribution < 1.29 is 23.8 Å². The SMILES string of the molecule is CCOC(=O)C1(N)CC2COCC(C1)N2C(=O)OC(C)(C)C. The lowest BCUT2D eigenvalue weighted by molar-refractivity contribution is -0.159. The molecule has 2 N–H and O–H groups in total. The van der Waals surface area contributed by atoms with Crippen LogP contribution in [0.5, 0.6) is 0 Å². The number of nitrogens with zero attached hydrogens (tertiary/aromatic N) is 1. The van der Waals surface area contributed by atoms with Crippen LogP contribution in [0.3, 0.4) is 0 Å². The summed E-state index contributed by atoms with van der Waals surface area (Å²) in [6.07, 6.45) is 0.264. The van der Waals surface area contributed by atoms with Gasteiger partial charge >= 0.3 is 12.1 Å². The van der Waals surface area contributed by atoms with Crippen LogP contribution in [-0.4, -0.2) is 60.0 Å². The van der Waals surface area contributed by atoms with E-state index >= 15 is 0 Å². The quantitative estimate of drug-likeness (QED) is 0.766. The van der Waals surface area contributed by atoms with Crippen LogP contribution >= 0.6 is 0 Å². The summed E-state index contributed by atoms with van der Waals surface area (Å²) in [6.45, 7) is 8.23. The number of nitrogens with two attached hydrogens (primary N) is 1. The summed E-state index contributed by atoms with van der Waals surface area (Å²) < 4.78 is 16.1. The summed E-state index contributed by atoms with van der Waals surface area (Å²) in [5, 5.41) is 0. The van der Waals surface area contributed by atoms with E-state index in [9.17, 15) is 9.59 Å². The molecule has 2 aliphatic heterocycles. The first-order chi connectivity index (χ1) is 10.2. The smallest absolute Gasteiger partial charge is 0.410 e. The first kappa shape index (κ1) is 17.0. The molecule has 7 heteroatoms. The number of piperidine rings is 1. The molecule has 0 aromatic carbocycles. The molecule has 2 aliphatic rings. The Morgan fingerprint density at radius 2 is 1.82 bits per heavy atom. The van der Waals surface area contributed by atoms with Crippen LogP contribution in [0.25, 0.3) is 0 Å². The Hall–Kier alpha value is -1.34. The number of hydrogen-bond donors (Lipinski definition) is 1. The standard InChI is InChI=1S/C15H26N2O5/c1-5-21-12(18)15(16)6-10-8-20-9-11(7-15)17(10)13(19)22-14(2,3)4/h10-11H,5-9,16H2,1-4H3. The van der Waals surface area contributed by atoms with Crippen molar-refractivity contribution in [1.82, 2.24) is 4.90 Å². The van der Waals surface area contributed by atoms with Crippen molar-refractivity contribution in [2.45, 2.75) is 63.8 Å². The van der Waals surface area contributed by atoms with Crippen LogP contribution in [0, 0.1) is 0 Å². The van der Waals surface area contributed by atoms with E-state index in [1.165, 1.54) is 0 Å². The highest BCUT2D eigenvalue weighted by Crippen LogP contribution is 2.34. The van der Waals surface area contributed by atoms with E-state index in [4.69, 9.17) is 19.9 Å². The topological polar surface area (TPSA) is 91.1 Å². The average Bonchev–Trinajstić information content (AvgIpc) is 2.35. The lowest BCUT2D eigenvalue weighted by Gasteiger charge is -2.50. The Balaban J connectivity index is 2.14. The van der Waals surface area contributed by atoms with Gasteiger partial charge in [0.1, 0.15) is 11.1 Å². The van der Waals surface area contributed by atoms with Crippen LogP contribution in [-0.2, 0) is 19.0 Å². The Kier molecular flexibility index (Phi) is 4.67. The minimum absolute atomic E-state index is 0.267. The molecule has 2 bridgehead atoms. The van der Waals surface area contributed by atoms with Crippen LogP contribution in [0.15, 0.2) is 0 Å². The molecule has 0 spiro atoms. The summed E-state index contributed by atoms with van der Waals surface area (Å²) in [6, 6.07) is -0.534. The second-order valence-electron chi connectivity index (χ2n) is 7.02. The van der Waals surface area contributed by atoms with E-state index in [0.717, 1.165) is 0 Å². The maximum atomic E-state index is 12.4. The van der Waals surface area contributed by atoms with Gasteiger partial charge in [-0.15, -0.1) is 0 Å². The molecule has 0 aromatic rings. The van der Waals surface area contributed by atoms with Gasteiger partial charge < -0.3 is 19.9 Å². The number of hydrogen-bond acceptors (Lipinski definition) is 6. The normalized spacial score (nSPS) is 31.6. The van der Waals surface area contributed by atoms with Gasteiger partial charge in [0, 0.05) is 0 Å². The Morgan fingerprint density at radius 1 is 1.27 bits per heavy atom. The minimum Gasteiger partial charge on any atom is -0.465 e. The van der Waals surface area contributed by atoms with Gasteiger partial charge in [0.05, 0.1) is 31.9 Å². The molecular weight excluding hydrogens is 288 g/mol. The van der Waals surface area contributed by atoms with Crippen molar-refractivity contribution in [1.29, 1.82) is 0 Å². The van der Waals surface area contributed by atoms with E-state index < -0.39 is 17.1 Å². The Labute approximate surface area is 131 Å². The number of morpholine rings is 1. The summed E-state index contributed by atoms with van der Waals surface area (Å²) in [7, 11) is 0. The van der Waals surface area contributed by atoms with Crippen LogP contribution in [0.2, 0.25) is 0 Å². The molecule has 7 nitrogen and oxygen atoms in total. The summed E-state index contributed by atoms with van der Waals surface area (Å²) in [5.41, 5.74) is 4.63. The molecule has 2 unspecified atom stereocenters. The maximum Gasteiger partial charge on any atom is 0.410 e. The highest BCUT2D eigenvalue weighted by atomic mass is 16.6. The van der Waals surface area contributed by atoms with Crippen LogP contribution in [0.1, 0.15) is 40.5 Å². The molecule has 1 amide bonds. The molecule has 2 saturated heterocycles. The average molecular weight is 314 g/mol. The number of rotatable bonds is 2. The molecule has 2 fully saturated rings. The molecule has 0 aliphatic carbocycles. The van der Waals surface area contributed by atoms with E-state index in [2.05, 4.69) is 0 Å². The fourth-order valence-electron chi connectivity index (χ4n) is 3.09. The van der Waals surface area contributed by atoms with Crippen molar-refractivity contribution >= 4 is 12.1 Å². The first-order valence-electron chi connectivity index (χ1n) is 7.71. The fourth-order valence-corrected chi connectivity index (χ4v) is 3.09.